The third-order valence-electron chi connectivity index (χ3n) is 3.41. The van der Waals surface area contributed by atoms with Gasteiger partial charge in [-0.3, -0.25) is 0 Å². The molecule has 1 aromatic rings. The average molecular weight is 299 g/mol. The Labute approximate surface area is 117 Å². The fourth-order valence-corrected chi connectivity index (χ4v) is 2.82. The number of aromatic carboxylic acids is 1. The lowest BCUT2D eigenvalue weighted by atomic mass is 10.0. The molecule has 8 heteroatoms. The summed E-state index contributed by atoms with van der Waals surface area (Å²) in [4.78, 5) is 13.0. The number of rotatable bonds is 3. The minimum Gasteiger partial charge on any atom is -0.478 e. The molecular weight excluding hydrogens is 282 g/mol. The maximum Gasteiger partial charge on any atom is 0.337 e. The number of benzene rings is 1. The molecule has 1 aromatic carbocycles. The maximum atomic E-state index is 11.3. The van der Waals surface area contributed by atoms with Crippen molar-refractivity contribution in [3.63, 3.8) is 0 Å². The van der Waals surface area contributed by atoms with E-state index < -0.39 is 16.0 Å². The highest BCUT2D eigenvalue weighted by Crippen LogP contribution is 2.26. The number of carboxylic acids is 1. The number of carbonyl (C=O) groups is 1. The quantitative estimate of drug-likeness (QED) is 0.718. The van der Waals surface area contributed by atoms with Crippen LogP contribution in [0.3, 0.4) is 0 Å². The molecule has 1 aliphatic rings. The Morgan fingerprint density at radius 2 is 1.90 bits per heavy atom. The van der Waals surface area contributed by atoms with Crippen molar-refractivity contribution in [3.05, 3.63) is 23.8 Å². The topological polar surface area (TPSA) is 127 Å². The summed E-state index contributed by atoms with van der Waals surface area (Å²) >= 11 is 0. The Morgan fingerprint density at radius 3 is 2.40 bits per heavy atom. The van der Waals surface area contributed by atoms with Crippen molar-refractivity contribution in [2.75, 3.05) is 18.0 Å². The Morgan fingerprint density at radius 1 is 1.30 bits per heavy atom. The first-order valence-electron chi connectivity index (χ1n) is 6.19. The molecule has 1 saturated heterocycles. The molecule has 0 aliphatic carbocycles. The van der Waals surface area contributed by atoms with Crippen LogP contribution in [0.2, 0.25) is 0 Å². The van der Waals surface area contributed by atoms with Crippen LogP contribution in [0.25, 0.3) is 0 Å². The van der Waals surface area contributed by atoms with E-state index in [1.54, 1.807) is 0 Å². The van der Waals surface area contributed by atoms with Gasteiger partial charge in [0.05, 0.1) is 16.1 Å². The summed E-state index contributed by atoms with van der Waals surface area (Å²) in [7, 11) is -3.92. The molecule has 1 heterocycles. The van der Waals surface area contributed by atoms with Gasteiger partial charge >= 0.3 is 5.97 Å². The molecule has 2 rings (SSSR count). The Kier molecular flexibility index (Phi) is 3.98. The molecular formula is C12H17N3O4S. The van der Waals surface area contributed by atoms with Crippen LogP contribution in [-0.2, 0) is 10.0 Å². The zero-order chi connectivity index (χ0) is 14.9. The second-order valence-electron chi connectivity index (χ2n) is 4.85. The van der Waals surface area contributed by atoms with Crippen molar-refractivity contribution in [2.24, 2.45) is 10.9 Å². The van der Waals surface area contributed by atoms with Crippen LogP contribution in [0.4, 0.5) is 5.69 Å². The van der Waals surface area contributed by atoms with E-state index in [1.807, 2.05) is 4.90 Å². The highest BCUT2D eigenvalue weighted by Gasteiger charge is 2.22. The molecule has 0 bridgehead atoms. The Balaban J connectivity index is 2.41. The minimum atomic E-state index is -3.92. The van der Waals surface area contributed by atoms with Crippen LogP contribution >= 0.6 is 0 Å². The molecule has 1 aliphatic heterocycles. The fourth-order valence-electron chi connectivity index (χ4n) is 2.28. The van der Waals surface area contributed by atoms with Gasteiger partial charge in [0, 0.05) is 19.1 Å². The molecule has 0 unspecified atom stereocenters. The van der Waals surface area contributed by atoms with Crippen LogP contribution < -0.4 is 15.8 Å². The van der Waals surface area contributed by atoms with E-state index in [4.69, 9.17) is 10.9 Å². The van der Waals surface area contributed by atoms with Crippen molar-refractivity contribution in [3.8, 4) is 0 Å². The summed E-state index contributed by atoms with van der Waals surface area (Å²) in [5.74, 6) is -1.18. The zero-order valence-electron chi connectivity index (χ0n) is 10.8. The molecule has 0 amide bonds. The molecule has 5 N–H and O–H groups in total. The van der Waals surface area contributed by atoms with Gasteiger partial charge in [0.25, 0.3) is 0 Å². The van der Waals surface area contributed by atoms with E-state index in [1.165, 1.54) is 12.1 Å². The predicted octanol–water partition coefficient (Wildman–Crippen LogP) is -0.0403. The van der Waals surface area contributed by atoms with Gasteiger partial charge in [0.1, 0.15) is 0 Å². The molecule has 0 spiro atoms. The van der Waals surface area contributed by atoms with E-state index >= 15 is 0 Å². The van der Waals surface area contributed by atoms with Crippen molar-refractivity contribution < 1.29 is 18.3 Å². The lowest BCUT2D eigenvalue weighted by Crippen LogP contribution is -2.40. The van der Waals surface area contributed by atoms with Crippen molar-refractivity contribution in [1.82, 2.24) is 0 Å². The first kappa shape index (κ1) is 14.8. The third kappa shape index (κ3) is 3.09. The van der Waals surface area contributed by atoms with E-state index in [0.717, 1.165) is 18.9 Å². The number of piperidine rings is 1. The van der Waals surface area contributed by atoms with Crippen LogP contribution in [-0.4, -0.2) is 38.6 Å². The van der Waals surface area contributed by atoms with Gasteiger partial charge in [-0.25, -0.2) is 18.4 Å². The van der Waals surface area contributed by atoms with Crippen LogP contribution in [0.15, 0.2) is 23.1 Å². The molecule has 0 saturated carbocycles. The summed E-state index contributed by atoms with van der Waals surface area (Å²) in [6.45, 7) is 1.30. The van der Waals surface area contributed by atoms with E-state index in [0.29, 0.717) is 18.8 Å². The lowest BCUT2D eigenvalue weighted by Gasteiger charge is -2.32. The molecule has 7 nitrogen and oxygen atoms in total. The maximum absolute atomic E-state index is 11.3. The fraction of sp³-hybridized carbons (Fsp3) is 0.417. The van der Waals surface area contributed by atoms with Gasteiger partial charge < -0.3 is 15.7 Å². The van der Waals surface area contributed by atoms with Crippen molar-refractivity contribution in [1.29, 1.82) is 0 Å². The number of hydrogen-bond donors (Lipinski definition) is 3. The molecule has 20 heavy (non-hydrogen) atoms. The molecule has 0 aromatic heterocycles. The van der Waals surface area contributed by atoms with Gasteiger partial charge in [-0.05, 0) is 31.0 Å². The summed E-state index contributed by atoms with van der Waals surface area (Å²) < 4.78 is 22.6. The zero-order valence-corrected chi connectivity index (χ0v) is 11.6. The highest BCUT2D eigenvalue weighted by atomic mass is 32.2. The van der Waals surface area contributed by atoms with Gasteiger partial charge in [-0.15, -0.1) is 0 Å². The first-order chi connectivity index (χ1) is 9.29. The molecule has 1 fully saturated rings. The van der Waals surface area contributed by atoms with Gasteiger partial charge in [0.15, 0.2) is 0 Å². The number of carboxylic acid groups (broad SMARTS) is 1. The smallest absolute Gasteiger partial charge is 0.337 e. The number of primary sulfonamides is 1. The number of anilines is 1. The normalized spacial score (nSPS) is 17.2. The Hall–Kier alpha value is -1.64. The van der Waals surface area contributed by atoms with Crippen LogP contribution in [0.1, 0.15) is 23.2 Å². The minimum absolute atomic E-state index is 0.0630. The predicted molar refractivity (Wildman–Crippen MR) is 74.2 cm³/mol. The standard InChI is InChI=1S/C12H17N3O4S/c13-8-3-5-15(6-4-8)11-2-1-9(20(14,18)19)7-10(11)12(16)17/h1-2,7-8H,3-6,13H2,(H,16,17)(H2,14,18,19). The average Bonchev–Trinajstić information content (AvgIpc) is 2.38. The number of hydrogen-bond acceptors (Lipinski definition) is 5. The van der Waals surface area contributed by atoms with Crippen LogP contribution in [0, 0.1) is 0 Å². The van der Waals surface area contributed by atoms with Gasteiger partial charge in [-0.1, -0.05) is 0 Å². The summed E-state index contributed by atoms with van der Waals surface area (Å²) in [6, 6.07) is 4.04. The van der Waals surface area contributed by atoms with E-state index in [2.05, 4.69) is 0 Å². The molecule has 0 radical (unpaired) electrons. The molecule has 0 atom stereocenters. The first-order valence-corrected chi connectivity index (χ1v) is 7.74. The Bertz CT molecular complexity index is 622. The number of sulfonamides is 1. The monoisotopic (exact) mass is 299 g/mol. The number of nitrogens with two attached hydrogens (primary N) is 2. The second-order valence-corrected chi connectivity index (χ2v) is 6.42. The van der Waals surface area contributed by atoms with E-state index in [9.17, 15) is 18.3 Å². The highest BCUT2D eigenvalue weighted by molar-refractivity contribution is 7.89. The van der Waals surface area contributed by atoms with E-state index in [-0.39, 0.29) is 16.5 Å². The second kappa shape index (κ2) is 5.39. The van der Waals surface area contributed by atoms with Crippen LogP contribution in [0.5, 0.6) is 0 Å². The van der Waals surface area contributed by atoms with Crippen molar-refractivity contribution in [2.45, 2.75) is 23.8 Å². The summed E-state index contributed by atoms with van der Waals surface area (Å²) in [6.07, 6.45) is 1.55. The number of nitrogens with zero attached hydrogens (tertiary/aromatic N) is 1. The largest absolute Gasteiger partial charge is 0.478 e. The van der Waals surface area contributed by atoms with Crippen molar-refractivity contribution >= 4 is 21.7 Å². The molecule has 110 valence electrons. The third-order valence-corrected chi connectivity index (χ3v) is 4.32. The van der Waals surface area contributed by atoms with Gasteiger partial charge in [0.2, 0.25) is 10.0 Å². The van der Waals surface area contributed by atoms with Gasteiger partial charge in [-0.2, -0.15) is 0 Å². The SMILES string of the molecule is NC1CCN(c2ccc(S(N)(=O)=O)cc2C(=O)O)CC1. The lowest BCUT2D eigenvalue weighted by molar-refractivity contribution is 0.0697. The summed E-state index contributed by atoms with van der Waals surface area (Å²) in [5, 5.41) is 14.3. The summed E-state index contributed by atoms with van der Waals surface area (Å²) in [5.41, 5.74) is 6.25.